The molecule has 0 aliphatic heterocycles. The summed E-state index contributed by atoms with van der Waals surface area (Å²) >= 11 is 0. The fourth-order valence-electron chi connectivity index (χ4n) is 1.05. The summed E-state index contributed by atoms with van der Waals surface area (Å²) in [6, 6.07) is 3.11. The van der Waals surface area contributed by atoms with Crippen molar-refractivity contribution < 1.29 is 8.78 Å². The van der Waals surface area contributed by atoms with Crippen LogP contribution in [0, 0.1) is 17.6 Å². The van der Waals surface area contributed by atoms with Crippen LogP contribution in [0.5, 0.6) is 0 Å². The first-order valence-corrected chi connectivity index (χ1v) is 5.01. The maximum Gasteiger partial charge on any atom is 0.193 e. The molecule has 3 nitrogen and oxygen atoms in total. The lowest BCUT2D eigenvalue weighted by atomic mass is 10.2. The third-order valence-corrected chi connectivity index (χ3v) is 1.82. The summed E-state index contributed by atoms with van der Waals surface area (Å²) in [4.78, 5) is 3.98. The van der Waals surface area contributed by atoms with Crippen LogP contribution in [-0.4, -0.2) is 12.5 Å². The minimum absolute atomic E-state index is 0.00925. The smallest absolute Gasteiger partial charge is 0.193 e. The van der Waals surface area contributed by atoms with Gasteiger partial charge in [-0.1, -0.05) is 13.8 Å². The second kappa shape index (κ2) is 5.44. The topological polar surface area (TPSA) is 50.4 Å². The Morgan fingerprint density at radius 3 is 2.75 bits per heavy atom. The quantitative estimate of drug-likeness (QED) is 0.615. The van der Waals surface area contributed by atoms with Crippen molar-refractivity contribution >= 4 is 11.6 Å². The van der Waals surface area contributed by atoms with E-state index in [2.05, 4.69) is 10.3 Å². The van der Waals surface area contributed by atoms with E-state index in [4.69, 9.17) is 5.73 Å². The number of anilines is 1. The highest BCUT2D eigenvalue weighted by molar-refractivity contribution is 5.92. The average Bonchev–Trinajstić information content (AvgIpc) is 2.20. The van der Waals surface area contributed by atoms with Crippen molar-refractivity contribution in [1.29, 1.82) is 0 Å². The SMILES string of the molecule is CC(C)CN=C(N)Nc1cc(F)ccc1F. The van der Waals surface area contributed by atoms with Crippen molar-refractivity contribution in [3.05, 3.63) is 29.8 Å². The van der Waals surface area contributed by atoms with E-state index in [9.17, 15) is 8.78 Å². The molecule has 0 amide bonds. The Balaban J connectivity index is 2.72. The zero-order valence-corrected chi connectivity index (χ0v) is 9.30. The van der Waals surface area contributed by atoms with Crippen LogP contribution in [0.4, 0.5) is 14.5 Å². The van der Waals surface area contributed by atoms with Crippen molar-refractivity contribution in [1.82, 2.24) is 0 Å². The van der Waals surface area contributed by atoms with Crippen molar-refractivity contribution in [2.75, 3.05) is 11.9 Å². The van der Waals surface area contributed by atoms with E-state index in [-0.39, 0.29) is 11.6 Å². The number of rotatable bonds is 3. The molecule has 16 heavy (non-hydrogen) atoms. The number of benzene rings is 1. The number of aliphatic imine (C=N–C) groups is 1. The average molecular weight is 227 g/mol. The summed E-state index contributed by atoms with van der Waals surface area (Å²) in [7, 11) is 0. The monoisotopic (exact) mass is 227 g/mol. The Bertz CT molecular complexity index is 389. The molecule has 5 heteroatoms. The van der Waals surface area contributed by atoms with Crippen molar-refractivity contribution in [2.45, 2.75) is 13.8 Å². The highest BCUT2D eigenvalue weighted by Crippen LogP contribution is 2.14. The van der Waals surface area contributed by atoms with E-state index < -0.39 is 11.6 Å². The van der Waals surface area contributed by atoms with Gasteiger partial charge in [0.2, 0.25) is 0 Å². The van der Waals surface area contributed by atoms with Gasteiger partial charge in [0.1, 0.15) is 11.6 Å². The molecule has 0 unspecified atom stereocenters. The minimum atomic E-state index is -0.566. The number of hydrogen-bond acceptors (Lipinski definition) is 1. The van der Waals surface area contributed by atoms with Crippen LogP contribution in [0.2, 0.25) is 0 Å². The van der Waals surface area contributed by atoms with E-state index in [0.717, 1.165) is 18.2 Å². The molecule has 0 fully saturated rings. The summed E-state index contributed by atoms with van der Waals surface area (Å²) in [5.41, 5.74) is 5.51. The molecule has 0 saturated heterocycles. The molecule has 88 valence electrons. The van der Waals surface area contributed by atoms with Crippen molar-refractivity contribution in [3.8, 4) is 0 Å². The summed E-state index contributed by atoms with van der Waals surface area (Å²) in [6.07, 6.45) is 0. The standard InChI is InChI=1S/C11H15F2N3/c1-7(2)6-15-11(14)16-10-5-8(12)3-4-9(10)13/h3-5,7H,6H2,1-2H3,(H3,14,15,16). The number of nitrogens with two attached hydrogens (primary N) is 1. The lowest BCUT2D eigenvalue weighted by molar-refractivity contribution is 0.604. The maximum atomic E-state index is 13.2. The van der Waals surface area contributed by atoms with Gasteiger partial charge in [-0.05, 0) is 18.1 Å². The number of halogens is 2. The first-order chi connectivity index (χ1) is 7.49. The van der Waals surface area contributed by atoms with Gasteiger partial charge in [-0.2, -0.15) is 0 Å². The zero-order chi connectivity index (χ0) is 12.1. The van der Waals surface area contributed by atoms with Gasteiger partial charge < -0.3 is 11.1 Å². The number of nitrogens with zero attached hydrogens (tertiary/aromatic N) is 1. The van der Waals surface area contributed by atoms with Crippen molar-refractivity contribution in [2.24, 2.45) is 16.6 Å². The third-order valence-electron chi connectivity index (χ3n) is 1.82. The predicted octanol–water partition coefficient (Wildman–Crippen LogP) is 2.35. The number of hydrogen-bond donors (Lipinski definition) is 2. The first-order valence-electron chi connectivity index (χ1n) is 5.01. The molecule has 3 N–H and O–H groups in total. The van der Waals surface area contributed by atoms with E-state index in [1.165, 1.54) is 0 Å². The molecule has 0 spiro atoms. The van der Waals surface area contributed by atoms with Crippen molar-refractivity contribution in [3.63, 3.8) is 0 Å². The lowest BCUT2D eigenvalue weighted by Crippen LogP contribution is -2.24. The maximum absolute atomic E-state index is 13.2. The molecule has 1 aromatic carbocycles. The Labute approximate surface area is 93.4 Å². The van der Waals surface area contributed by atoms with E-state index in [0.29, 0.717) is 12.5 Å². The molecule has 0 aliphatic rings. The summed E-state index contributed by atoms with van der Waals surface area (Å²) in [5.74, 6) is -0.652. The van der Waals surface area contributed by atoms with Gasteiger partial charge in [0.25, 0.3) is 0 Å². The lowest BCUT2D eigenvalue weighted by Gasteiger charge is -2.07. The van der Waals surface area contributed by atoms with Crippen LogP contribution in [0.25, 0.3) is 0 Å². The van der Waals surface area contributed by atoms with Gasteiger partial charge >= 0.3 is 0 Å². The second-order valence-electron chi connectivity index (χ2n) is 3.87. The Morgan fingerprint density at radius 1 is 1.44 bits per heavy atom. The van der Waals surface area contributed by atoms with Gasteiger partial charge in [-0.3, -0.25) is 4.99 Å². The molecule has 0 atom stereocenters. The van der Waals surface area contributed by atoms with Gasteiger partial charge in [0.15, 0.2) is 5.96 Å². The van der Waals surface area contributed by atoms with Crippen LogP contribution < -0.4 is 11.1 Å². The molecular weight excluding hydrogens is 212 g/mol. The van der Waals surface area contributed by atoms with Gasteiger partial charge in [0, 0.05) is 12.6 Å². The molecule has 1 aromatic rings. The molecule has 0 bridgehead atoms. The molecule has 0 aromatic heterocycles. The molecule has 1 rings (SSSR count). The second-order valence-corrected chi connectivity index (χ2v) is 3.87. The molecule has 0 aliphatic carbocycles. The first kappa shape index (κ1) is 12.4. The van der Waals surface area contributed by atoms with Crippen LogP contribution in [0.15, 0.2) is 23.2 Å². The Hall–Kier alpha value is -1.65. The summed E-state index contributed by atoms with van der Waals surface area (Å²) < 4.78 is 26.0. The van der Waals surface area contributed by atoms with E-state index in [1.807, 2.05) is 13.8 Å². The fourth-order valence-corrected chi connectivity index (χ4v) is 1.05. The normalized spacial score (nSPS) is 11.9. The number of nitrogens with one attached hydrogen (secondary N) is 1. The van der Waals surface area contributed by atoms with E-state index in [1.54, 1.807) is 0 Å². The third kappa shape index (κ3) is 3.84. The van der Waals surface area contributed by atoms with Crippen LogP contribution in [0.3, 0.4) is 0 Å². The molecule has 0 heterocycles. The van der Waals surface area contributed by atoms with Crippen LogP contribution in [-0.2, 0) is 0 Å². The minimum Gasteiger partial charge on any atom is -0.370 e. The highest BCUT2D eigenvalue weighted by atomic mass is 19.1. The Kier molecular flexibility index (Phi) is 4.22. The van der Waals surface area contributed by atoms with E-state index >= 15 is 0 Å². The van der Waals surface area contributed by atoms with Crippen LogP contribution >= 0.6 is 0 Å². The summed E-state index contributed by atoms with van der Waals surface area (Å²) in [6.45, 7) is 4.51. The largest absolute Gasteiger partial charge is 0.370 e. The van der Waals surface area contributed by atoms with Gasteiger partial charge in [-0.25, -0.2) is 8.78 Å². The molecular formula is C11H15F2N3. The summed E-state index contributed by atoms with van der Waals surface area (Å²) in [5, 5.41) is 2.52. The fraction of sp³-hybridized carbons (Fsp3) is 0.364. The molecule has 0 radical (unpaired) electrons. The zero-order valence-electron chi connectivity index (χ0n) is 9.30. The number of guanidine groups is 1. The van der Waals surface area contributed by atoms with Gasteiger partial charge in [-0.15, -0.1) is 0 Å². The highest BCUT2D eigenvalue weighted by Gasteiger charge is 2.04. The molecule has 0 saturated carbocycles. The predicted molar refractivity (Wildman–Crippen MR) is 61.3 cm³/mol. The van der Waals surface area contributed by atoms with Gasteiger partial charge in [0.05, 0.1) is 5.69 Å². The van der Waals surface area contributed by atoms with Crippen LogP contribution in [0.1, 0.15) is 13.8 Å². The Morgan fingerprint density at radius 2 is 2.12 bits per heavy atom.